The highest BCUT2D eigenvalue weighted by molar-refractivity contribution is 7.09. The van der Waals surface area contributed by atoms with Gasteiger partial charge in [0, 0.05) is 18.5 Å². The Labute approximate surface area is 165 Å². The van der Waals surface area contributed by atoms with Gasteiger partial charge in [0.25, 0.3) is 0 Å². The molecule has 142 valence electrons. The van der Waals surface area contributed by atoms with Crippen LogP contribution in [0.5, 0.6) is 11.5 Å². The van der Waals surface area contributed by atoms with Crippen LogP contribution in [-0.4, -0.2) is 11.6 Å². The minimum atomic E-state index is 0.530. The minimum Gasteiger partial charge on any atom is -0.490 e. The van der Waals surface area contributed by atoms with E-state index in [1.165, 1.54) is 5.01 Å². The lowest BCUT2D eigenvalue weighted by Gasteiger charge is -2.14. The Morgan fingerprint density at radius 2 is 1.78 bits per heavy atom. The van der Waals surface area contributed by atoms with Gasteiger partial charge in [0.05, 0.1) is 17.3 Å². The zero-order valence-corrected chi connectivity index (χ0v) is 16.7. The van der Waals surface area contributed by atoms with E-state index in [1.54, 1.807) is 11.3 Å². The molecule has 0 atom stereocenters. The predicted molar refractivity (Wildman–Crippen MR) is 110 cm³/mol. The Morgan fingerprint density at radius 1 is 0.926 bits per heavy atom. The maximum absolute atomic E-state index is 5.97. The van der Waals surface area contributed by atoms with Crippen LogP contribution in [0.4, 0.5) is 0 Å². The number of hydrogen-bond donors (Lipinski definition) is 1. The van der Waals surface area contributed by atoms with Gasteiger partial charge in [0.15, 0.2) is 11.5 Å². The molecule has 1 N–H and O–H groups in total. The molecule has 3 aromatic rings. The molecule has 4 nitrogen and oxygen atoms in total. The highest BCUT2D eigenvalue weighted by Gasteiger charge is 2.08. The summed E-state index contributed by atoms with van der Waals surface area (Å²) < 4.78 is 11.8. The first-order valence-electron chi connectivity index (χ1n) is 9.35. The van der Waals surface area contributed by atoms with Crippen molar-refractivity contribution in [3.63, 3.8) is 0 Å². The average Bonchev–Trinajstić information content (AvgIpc) is 3.16. The van der Waals surface area contributed by atoms with E-state index in [0.29, 0.717) is 13.2 Å². The molecule has 0 saturated carbocycles. The van der Waals surface area contributed by atoms with Gasteiger partial charge in [0.1, 0.15) is 6.61 Å². The highest BCUT2D eigenvalue weighted by atomic mass is 32.1. The first-order valence-corrected chi connectivity index (χ1v) is 10.2. The molecule has 0 aliphatic rings. The second kappa shape index (κ2) is 10.1. The summed E-state index contributed by atoms with van der Waals surface area (Å²) in [6.45, 7) is 6.79. The maximum Gasteiger partial charge on any atom is 0.161 e. The fraction of sp³-hybridized carbons (Fsp3) is 0.318. The topological polar surface area (TPSA) is 43.4 Å². The average molecular weight is 383 g/mol. The molecule has 0 aliphatic heterocycles. The molecule has 0 unspecified atom stereocenters. The van der Waals surface area contributed by atoms with Crippen LogP contribution in [0.2, 0.25) is 0 Å². The number of benzene rings is 2. The van der Waals surface area contributed by atoms with Crippen molar-refractivity contribution >= 4 is 11.3 Å². The molecule has 0 saturated heterocycles. The Hall–Kier alpha value is -2.37. The predicted octanol–water partition coefficient (Wildman–Crippen LogP) is 4.97. The van der Waals surface area contributed by atoms with Crippen molar-refractivity contribution in [2.24, 2.45) is 0 Å². The second-order valence-corrected chi connectivity index (χ2v) is 7.12. The lowest BCUT2D eigenvalue weighted by molar-refractivity contribution is 0.269. The van der Waals surface area contributed by atoms with E-state index in [2.05, 4.69) is 46.9 Å². The van der Waals surface area contributed by atoms with Gasteiger partial charge in [-0.2, -0.15) is 0 Å². The zero-order chi connectivity index (χ0) is 18.9. The molecule has 0 aliphatic carbocycles. The van der Waals surface area contributed by atoms with E-state index >= 15 is 0 Å². The van der Waals surface area contributed by atoms with Gasteiger partial charge in [-0.25, -0.2) is 4.98 Å². The van der Waals surface area contributed by atoms with Crippen LogP contribution in [0.3, 0.4) is 0 Å². The number of thiazole rings is 1. The second-order valence-electron chi connectivity index (χ2n) is 6.18. The van der Waals surface area contributed by atoms with Gasteiger partial charge in [-0.3, -0.25) is 0 Å². The molecule has 2 aromatic carbocycles. The van der Waals surface area contributed by atoms with Crippen molar-refractivity contribution in [1.82, 2.24) is 10.3 Å². The normalized spacial score (nSPS) is 10.7. The van der Waals surface area contributed by atoms with E-state index in [0.717, 1.165) is 47.8 Å². The third kappa shape index (κ3) is 5.81. The Bertz CT molecular complexity index is 833. The monoisotopic (exact) mass is 382 g/mol. The van der Waals surface area contributed by atoms with E-state index in [-0.39, 0.29) is 0 Å². The molecular formula is C22H26N2O2S. The number of aryl methyl sites for hydroxylation is 1. The number of rotatable bonds is 10. The number of nitrogens with zero attached hydrogens (tertiary/aromatic N) is 1. The smallest absolute Gasteiger partial charge is 0.161 e. The quantitative estimate of drug-likeness (QED) is 0.537. The van der Waals surface area contributed by atoms with Crippen molar-refractivity contribution in [3.8, 4) is 11.5 Å². The number of aromatic nitrogens is 1. The number of hydrogen-bond acceptors (Lipinski definition) is 5. The van der Waals surface area contributed by atoms with Gasteiger partial charge in [0.2, 0.25) is 0 Å². The van der Waals surface area contributed by atoms with Crippen LogP contribution in [0.15, 0.2) is 53.9 Å². The number of ether oxygens (including phenoxy) is 2. The van der Waals surface area contributed by atoms with Crippen LogP contribution in [0.25, 0.3) is 0 Å². The van der Waals surface area contributed by atoms with E-state index in [9.17, 15) is 0 Å². The molecule has 5 heteroatoms. The molecule has 0 bridgehead atoms. The van der Waals surface area contributed by atoms with Gasteiger partial charge in [-0.05, 0) is 36.6 Å². The van der Waals surface area contributed by atoms with Crippen LogP contribution < -0.4 is 14.8 Å². The fourth-order valence-electron chi connectivity index (χ4n) is 2.71. The summed E-state index contributed by atoms with van der Waals surface area (Å²) >= 11 is 1.72. The van der Waals surface area contributed by atoms with Crippen LogP contribution in [0.1, 0.15) is 35.7 Å². The number of nitrogens with one attached hydrogen (secondary N) is 1. The first kappa shape index (κ1) is 19.4. The minimum absolute atomic E-state index is 0.530. The summed E-state index contributed by atoms with van der Waals surface area (Å²) in [4.78, 5) is 4.59. The Morgan fingerprint density at radius 3 is 2.52 bits per heavy atom. The zero-order valence-electron chi connectivity index (χ0n) is 15.9. The summed E-state index contributed by atoms with van der Waals surface area (Å²) in [5, 5.41) is 6.76. The van der Waals surface area contributed by atoms with Gasteiger partial charge in [-0.1, -0.05) is 43.3 Å². The molecule has 27 heavy (non-hydrogen) atoms. The SMILES string of the molecule is CCOc1cc(CNCc2csc(CC)n2)ccc1OCc1ccccc1. The third-order valence-electron chi connectivity index (χ3n) is 4.08. The van der Waals surface area contributed by atoms with Gasteiger partial charge in [-0.15, -0.1) is 11.3 Å². The lowest BCUT2D eigenvalue weighted by atomic mass is 10.2. The van der Waals surface area contributed by atoms with Crippen LogP contribution in [-0.2, 0) is 26.1 Å². The molecular weight excluding hydrogens is 356 g/mol. The highest BCUT2D eigenvalue weighted by Crippen LogP contribution is 2.29. The summed E-state index contributed by atoms with van der Waals surface area (Å²) in [6.07, 6.45) is 0.993. The summed E-state index contributed by atoms with van der Waals surface area (Å²) in [7, 11) is 0. The maximum atomic E-state index is 5.97. The van der Waals surface area contributed by atoms with Gasteiger partial charge < -0.3 is 14.8 Å². The van der Waals surface area contributed by atoms with E-state index < -0.39 is 0 Å². The first-order chi connectivity index (χ1) is 13.3. The largest absolute Gasteiger partial charge is 0.490 e. The third-order valence-corrected chi connectivity index (χ3v) is 5.12. The fourth-order valence-corrected chi connectivity index (χ4v) is 3.46. The van der Waals surface area contributed by atoms with Gasteiger partial charge >= 0.3 is 0 Å². The Balaban J connectivity index is 1.58. The molecule has 1 aromatic heterocycles. The van der Waals surface area contributed by atoms with E-state index in [1.807, 2.05) is 31.2 Å². The van der Waals surface area contributed by atoms with Crippen LogP contribution in [0, 0.1) is 0 Å². The Kier molecular flexibility index (Phi) is 7.25. The summed E-state index contributed by atoms with van der Waals surface area (Å²) in [5.74, 6) is 1.56. The molecule has 0 spiro atoms. The van der Waals surface area contributed by atoms with Crippen molar-refractivity contribution in [1.29, 1.82) is 0 Å². The molecule has 0 radical (unpaired) electrons. The van der Waals surface area contributed by atoms with Crippen molar-refractivity contribution in [3.05, 3.63) is 75.7 Å². The van der Waals surface area contributed by atoms with Crippen molar-refractivity contribution < 1.29 is 9.47 Å². The van der Waals surface area contributed by atoms with E-state index in [4.69, 9.17) is 9.47 Å². The molecule has 0 amide bonds. The molecule has 1 heterocycles. The molecule has 0 fully saturated rings. The van der Waals surface area contributed by atoms with Crippen molar-refractivity contribution in [2.45, 2.75) is 40.0 Å². The summed E-state index contributed by atoms with van der Waals surface area (Å²) in [5.41, 5.74) is 3.40. The summed E-state index contributed by atoms with van der Waals surface area (Å²) in [6, 6.07) is 16.3. The van der Waals surface area contributed by atoms with Crippen molar-refractivity contribution in [2.75, 3.05) is 6.61 Å². The van der Waals surface area contributed by atoms with Crippen LogP contribution >= 0.6 is 11.3 Å². The molecule has 3 rings (SSSR count). The standard InChI is InChI=1S/C22H26N2O2S/c1-3-22-24-19(16-27-22)14-23-13-18-10-11-20(21(12-18)25-4-2)26-15-17-8-6-5-7-9-17/h5-12,16,23H,3-4,13-15H2,1-2H3. The lowest BCUT2D eigenvalue weighted by Crippen LogP contribution is -2.13.